The second kappa shape index (κ2) is 4.56. The molecule has 0 bridgehead atoms. The van der Waals surface area contributed by atoms with Crippen molar-refractivity contribution in [2.24, 2.45) is 0 Å². The van der Waals surface area contributed by atoms with Gasteiger partial charge in [0.1, 0.15) is 0 Å². The monoisotopic (exact) mass is 302 g/mol. The molecule has 20 heavy (non-hydrogen) atoms. The topological polar surface area (TPSA) is 66.0 Å². The molecular formula is C9H8F6N4O. The summed E-state index contributed by atoms with van der Waals surface area (Å²) in [7, 11) is 0. The van der Waals surface area contributed by atoms with Crippen LogP contribution >= 0.6 is 0 Å². The van der Waals surface area contributed by atoms with Crippen molar-refractivity contribution in [2.75, 3.05) is 12.3 Å². The number of alkyl halides is 6. The summed E-state index contributed by atoms with van der Waals surface area (Å²) in [4.78, 5) is 3.47. The fraction of sp³-hybridized carbons (Fsp3) is 0.556. The van der Waals surface area contributed by atoms with Crippen LogP contribution in [-0.4, -0.2) is 33.7 Å². The molecule has 0 saturated carbocycles. The third-order valence-electron chi connectivity index (χ3n) is 2.46. The van der Waals surface area contributed by atoms with Gasteiger partial charge in [-0.25, -0.2) is 4.68 Å². The lowest BCUT2D eigenvalue weighted by Crippen LogP contribution is -2.31. The summed E-state index contributed by atoms with van der Waals surface area (Å²) in [5.74, 6) is -1.37. The summed E-state index contributed by atoms with van der Waals surface area (Å²) in [6.45, 7) is -1.64. The third kappa shape index (κ3) is 2.96. The number of nitrogens with two attached hydrogens (primary N) is 1. The summed E-state index contributed by atoms with van der Waals surface area (Å²) in [6.07, 6.45) is -8.95. The molecular weight excluding hydrogens is 294 g/mol. The zero-order valence-electron chi connectivity index (χ0n) is 9.66. The first kappa shape index (κ1) is 14.5. The Labute approximate surface area is 108 Å². The zero-order valence-corrected chi connectivity index (χ0v) is 9.66. The van der Waals surface area contributed by atoms with Gasteiger partial charge in [0.15, 0.2) is 24.2 Å². The Balaban J connectivity index is 2.28. The second-order valence-corrected chi connectivity index (χ2v) is 4.00. The second-order valence-electron chi connectivity index (χ2n) is 4.00. The van der Waals surface area contributed by atoms with Crippen molar-refractivity contribution >= 4 is 11.7 Å². The maximum Gasteiger partial charge on any atom is 0.422 e. The molecule has 5 nitrogen and oxygen atoms in total. The molecule has 1 aromatic rings. The number of anilines is 1. The minimum Gasteiger partial charge on any atom is -0.481 e. The van der Waals surface area contributed by atoms with Crippen LogP contribution in [0.4, 0.5) is 32.3 Å². The summed E-state index contributed by atoms with van der Waals surface area (Å²) in [5, 5.41) is 3.36. The van der Waals surface area contributed by atoms with Gasteiger partial charge in [0.05, 0.1) is 0 Å². The zero-order chi connectivity index (χ0) is 15.1. The van der Waals surface area contributed by atoms with E-state index >= 15 is 0 Å². The highest BCUT2D eigenvalue weighted by Gasteiger charge is 2.45. The summed E-state index contributed by atoms with van der Waals surface area (Å²) in [5.41, 5.74) is 5.19. The standard InChI is InChI=1S/C9H8F6N4O/c10-8(11,12)3-20-4-1-2-5(9(13,14)15)19-6(4)17-7(16)18-19/h1,5H,2-3H2,(H2,16,18). The lowest BCUT2D eigenvalue weighted by atomic mass is 10.1. The molecule has 0 amide bonds. The Morgan fingerprint density at radius 3 is 2.50 bits per heavy atom. The highest BCUT2D eigenvalue weighted by Crippen LogP contribution is 2.39. The van der Waals surface area contributed by atoms with Gasteiger partial charge in [-0.2, -0.15) is 31.3 Å². The average molecular weight is 302 g/mol. The molecule has 0 fully saturated rings. The van der Waals surface area contributed by atoms with E-state index in [0.29, 0.717) is 4.68 Å². The number of rotatable bonds is 2. The molecule has 2 heterocycles. The van der Waals surface area contributed by atoms with Gasteiger partial charge in [0, 0.05) is 6.42 Å². The summed E-state index contributed by atoms with van der Waals surface area (Å²) >= 11 is 0. The molecule has 2 N–H and O–H groups in total. The highest BCUT2D eigenvalue weighted by molar-refractivity contribution is 5.56. The van der Waals surface area contributed by atoms with Crippen LogP contribution in [0, 0.1) is 0 Å². The van der Waals surface area contributed by atoms with Crippen molar-refractivity contribution in [3.8, 4) is 0 Å². The van der Waals surface area contributed by atoms with Gasteiger partial charge in [-0.1, -0.05) is 0 Å². The Morgan fingerprint density at radius 2 is 1.95 bits per heavy atom. The van der Waals surface area contributed by atoms with Crippen LogP contribution in [0.25, 0.3) is 5.76 Å². The van der Waals surface area contributed by atoms with Crippen LogP contribution in [0.3, 0.4) is 0 Å². The molecule has 2 rings (SSSR count). The van der Waals surface area contributed by atoms with Crippen LogP contribution in [0.1, 0.15) is 18.3 Å². The summed E-state index contributed by atoms with van der Waals surface area (Å²) in [6, 6.07) is -2.03. The Bertz CT molecular complexity index is 532. The number of nitrogen functional groups attached to an aromatic ring is 1. The molecule has 0 saturated heterocycles. The van der Waals surface area contributed by atoms with Crippen LogP contribution in [0.15, 0.2) is 6.08 Å². The normalized spacial score (nSPS) is 19.5. The highest BCUT2D eigenvalue weighted by atomic mass is 19.4. The van der Waals surface area contributed by atoms with E-state index in [2.05, 4.69) is 14.8 Å². The van der Waals surface area contributed by atoms with Gasteiger partial charge in [0.25, 0.3) is 0 Å². The smallest absolute Gasteiger partial charge is 0.422 e. The van der Waals surface area contributed by atoms with Gasteiger partial charge < -0.3 is 10.5 Å². The maximum atomic E-state index is 12.8. The van der Waals surface area contributed by atoms with Gasteiger partial charge in [0.2, 0.25) is 5.95 Å². The van der Waals surface area contributed by atoms with E-state index in [9.17, 15) is 26.3 Å². The van der Waals surface area contributed by atoms with Crippen molar-refractivity contribution in [1.82, 2.24) is 14.8 Å². The molecule has 1 aliphatic heterocycles. The first-order valence-corrected chi connectivity index (χ1v) is 5.27. The van der Waals surface area contributed by atoms with E-state index in [0.717, 1.165) is 6.08 Å². The number of halogens is 6. The first-order chi connectivity index (χ1) is 9.08. The van der Waals surface area contributed by atoms with E-state index in [4.69, 9.17) is 5.73 Å². The number of aromatic nitrogens is 3. The van der Waals surface area contributed by atoms with Crippen LogP contribution in [-0.2, 0) is 4.74 Å². The first-order valence-electron chi connectivity index (χ1n) is 5.27. The number of hydrogen-bond donors (Lipinski definition) is 1. The fourth-order valence-corrected chi connectivity index (χ4v) is 1.69. The Kier molecular flexibility index (Phi) is 3.30. The van der Waals surface area contributed by atoms with E-state index in [1.54, 1.807) is 0 Å². The maximum absolute atomic E-state index is 12.8. The largest absolute Gasteiger partial charge is 0.481 e. The van der Waals surface area contributed by atoms with Crippen molar-refractivity contribution < 1.29 is 31.1 Å². The van der Waals surface area contributed by atoms with Crippen molar-refractivity contribution in [3.05, 3.63) is 11.9 Å². The van der Waals surface area contributed by atoms with Gasteiger partial charge in [-0.15, -0.1) is 5.10 Å². The SMILES string of the molecule is Nc1nc2n(n1)C(C(F)(F)F)CC=C2OCC(F)(F)F. The predicted octanol–water partition coefficient (Wildman–Crippen LogP) is 2.29. The molecule has 1 aliphatic rings. The summed E-state index contributed by atoms with van der Waals surface area (Å²) < 4.78 is 79.3. The van der Waals surface area contributed by atoms with Crippen LogP contribution in [0.2, 0.25) is 0 Å². The number of allylic oxidation sites excluding steroid dienone is 1. The Hall–Kier alpha value is -1.94. The number of nitrogens with zero attached hydrogens (tertiary/aromatic N) is 3. The molecule has 0 radical (unpaired) electrons. The van der Waals surface area contributed by atoms with Crippen molar-refractivity contribution in [1.29, 1.82) is 0 Å². The number of fused-ring (bicyclic) bond motifs is 1. The number of hydrogen-bond acceptors (Lipinski definition) is 4. The van der Waals surface area contributed by atoms with Crippen LogP contribution in [0.5, 0.6) is 0 Å². The third-order valence-corrected chi connectivity index (χ3v) is 2.46. The molecule has 0 aliphatic carbocycles. The molecule has 0 spiro atoms. The van der Waals surface area contributed by atoms with Gasteiger partial charge in [-0.05, 0) is 6.08 Å². The van der Waals surface area contributed by atoms with E-state index in [-0.39, 0.29) is 0 Å². The molecule has 0 aromatic carbocycles. The van der Waals surface area contributed by atoms with E-state index in [1.807, 2.05) is 0 Å². The minimum absolute atomic E-state index is 0.424. The minimum atomic E-state index is -4.62. The molecule has 1 unspecified atom stereocenters. The van der Waals surface area contributed by atoms with E-state index in [1.165, 1.54) is 0 Å². The van der Waals surface area contributed by atoms with E-state index < -0.39 is 49.0 Å². The Morgan fingerprint density at radius 1 is 1.30 bits per heavy atom. The predicted molar refractivity (Wildman–Crippen MR) is 54.1 cm³/mol. The quantitative estimate of drug-likeness (QED) is 0.851. The van der Waals surface area contributed by atoms with Gasteiger partial charge >= 0.3 is 12.4 Å². The van der Waals surface area contributed by atoms with Crippen molar-refractivity contribution in [2.45, 2.75) is 24.8 Å². The average Bonchev–Trinajstić information content (AvgIpc) is 2.64. The van der Waals surface area contributed by atoms with Crippen LogP contribution < -0.4 is 5.73 Å². The number of ether oxygens (including phenoxy) is 1. The van der Waals surface area contributed by atoms with Crippen molar-refractivity contribution in [3.63, 3.8) is 0 Å². The molecule has 112 valence electrons. The molecule has 1 atom stereocenters. The fourth-order valence-electron chi connectivity index (χ4n) is 1.69. The lowest BCUT2D eigenvalue weighted by molar-refractivity contribution is -0.172. The molecule has 1 aromatic heterocycles. The lowest BCUT2D eigenvalue weighted by Gasteiger charge is -2.25. The molecule has 11 heteroatoms. The van der Waals surface area contributed by atoms with Gasteiger partial charge in [-0.3, -0.25) is 0 Å².